The van der Waals surface area contributed by atoms with Crippen LogP contribution in [0.2, 0.25) is 0 Å². The molecule has 0 unspecified atom stereocenters. The second-order valence-electron chi connectivity index (χ2n) is 6.02. The summed E-state index contributed by atoms with van der Waals surface area (Å²) in [7, 11) is 1.91. The van der Waals surface area contributed by atoms with Gasteiger partial charge in [0.15, 0.2) is 5.96 Å². The van der Waals surface area contributed by atoms with Crippen LogP contribution in [0.1, 0.15) is 37.5 Å². The largest absolute Gasteiger partial charge is 0.357 e. The van der Waals surface area contributed by atoms with Gasteiger partial charge in [0.25, 0.3) is 0 Å². The molecule has 1 rings (SSSR count). The molecule has 134 valence electrons. The van der Waals surface area contributed by atoms with Crippen molar-refractivity contribution in [1.29, 1.82) is 0 Å². The SMILES string of the molecule is CCNC(=NCc1ccc(C)cc1C)N(C)CC(=O)N(CC)CC. The molecule has 0 aliphatic rings. The van der Waals surface area contributed by atoms with Gasteiger partial charge < -0.3 is 15.1 Å². The van der Waals surface area contributed by atoms with Gasteiger partial charge in [-0.25, -0.2) is 4.99 Å². The molecule has 5 nitrogen and oxygen atoms in total. The van der Waals surface area contributed by atoms with Gasteiger partial charge in [-0.1, -0.05) is 23.8 Å². The van der Waals surface area contributed by atoms with Crippen molar-refractivity contribution in [3.8, 4) is 0 Å². The first kappa shape index (κ1) is 20.0. The molecule has 1 aromatic carbocycles. The molecule has 0 atom stereocenters. The van der Waals surface area contributed by atoms with Gasteiger partial charge in [-0.15, -0.1) is 0 Å². The van der Waals surface area contributed by atoms with E-state index in [9.17, 15) is 4.79 Å². The van der Waals surface area contributed by atoms with E-state index in [0.717, 1.165) is 25.6 Å². The van der Waals surface area contributed by atoms with Crippen LogP contribution in [0.15, 0.2) is 23.2 Å². The van der Waals surface area contributed by atoms with Crippen LogP contribution in [0.5, 0.6) is 0 Å². The van der Waals surface area contributed by atoms with Gasteiger partial charge in [-0.05, 0) is 45.7 Å². The van der Waals surface area contributed by atoms with Crippen LogP contribution in [-0.2, 0) is 11.3 Å². The molecule has 0 heterocycles. The van der Waals surface area contributed by atoms with Crippen molar-refractivity contribution in [1.82, 2.24) is 15.1 Å². The minimum Gasteiger partial charge on any atom is -0.357 e. The van der Waals surface area contributed by atoms with E-state index in [1.807, 2.05) is 37.6 Å². The molecule has 1 N–H and O–H groups in total. The van der Waals surface area contributed by atoms with Crippen LogP contribution in [-0.4, -0.2) is 54.9 Å². The smallest absolute Gasteiger partial charge is 0.242 e. The first-order chi connectivity index (χ1) is 11.4. The number of hydrogen-bond acceptors (Lipinski definition) is 2. The van der Waals surface area contributed by atoms with E-state index < -0.39 is 0 Å². The van der Waals surface area contributed by atoms with Crippen molar-refractivity contribution in [2.24, 2.45) is 4.99 Å². The van der Waals surface area contributed by atoms with Crippen LogP contribution in [0.4, 0.5) is 0 Å². The van der Waals surface area contributed by atoms with E-state index in [1.165, 1.54) is 16.7 Å². The molecular weight excluding hydrogens is 300 g/mol. The fraction of sp³-hybridized carbons (Fsp3) is 0.579. The lowest BCUT2D eigenvalue weighted by Gasteiger charge is -2.25. The molecule has 0 aliphatic heterocycles. The van der Waals surface area contributed by atoms with Crippen LogP contribution < -0.4 is 5.32 Å². The summed E-state index contributed by atoms with van der Waals surface area (Å²) < 4.78 is 0. The molecule has 0 radical (unpaired) electrons. The summed E-state index contributed by atoms with van der Waals surface area (Å²) in [5, 5.41) is 3.27. The van der Waals surface area contributed by atoms with Crippen molar-refractivity contribution in [3.63, 3.8) is 0 Å². The molecular formula is C19H32N4O. The Morgan fingerprint density at radius 1 is 1.17 bits per heavy atom. The lowest BCUT2D eigenvalue weighted by Crippen LogP contribution is -2.45. The average Bonchev–Trinajstić information content (AvgIpc) is 2.53. The number of rotatable bonds is 7. The monoisotopic (exact) mass is 332 g/mol. The molecule has 0 fully saturated rings. The van der Waals surface area contributed by atoms with Gasteiger partial charge in [0.05, 0.1) is 13.1 Å². The van der Waals surface area contributed by atoms with Crippen molar-refractivity contribution in [2.75, 3.05) is 33.2 Å². The van der Waals surface area contributed by atoms with Crippen LogP contribution in [0.25, 0.3) is 0 Å². The zero-order chi connectivity index (χ0) is 18.1. The molecule has 0 bridgehead atoms. The summed E-state index contributed by atoms with van der Waals surface area (Å²) in [5.41, 5.74) is 3.71. The molecule has 5 heteroatoms. The molecule has 1 amide bonds. The highest BCUT2D eigenvalue weighted by Crippen LogP contribution is 2.11. The van der Waals surface area contributed by atoms with E-state index in [2.05, 4.69) is 37.4 Å². The predicted octanol–water partition coefficient (Wildman–Crippen LogP) is 2.57. The van der Waals surface area contributed by atoms with Crippen LogP contribution in [0, 0.1) is 13.8 Å². The number of amides is 1. The standard InChI is InChI=1S/C19H32N4O/c1-7-20-19(22(6)14-18(24)23(8-2)9-3)21-13-17-11-10-15(4)12-16(17)5/h10-12H,7-9,13-14H2,1-6H3,(H,20,21). The highest BCUT2D eigenvalue weighted by molar-refractivity contribution is 5.86. The fourth-order valence-electron chi connectivity index (χ4n) is 2.61. The van der Waals surface area contributed by atoms with Crippen molar-refractivity contribution in [3.05, 3.63) is 34.9 Å². The summed E-state index contributed by atoms with van der Waals surface area (Å²) in [6.07, 6.45) is 0. The van der Waals surface area contributed by atoms with Crippen molar-refractivity contribution >= 4 is 11.9 Å². The second kappa shape index (κ2) is 9.96. The summed E-state index contributed by atoms with van der Waals surface area (Å²) in [6, 6.07) is 6.41. The Bertz CT molecular complexity index is 564. The number of hydrogen-bond donors (Lipinski definition) is 1. The first-order valence-corrected chi connectivity index (χ1v) is 8.76. The first-order valence-electron chi connectivity index (χ1n) is 8.76. The summed E-state index contributed by atoms with van der Waals surface area (Å²) in [6.45, 7) is 13.4. The molecule has 1 aromatic rings. The molecule has 0 saturated heterocycles. The van der Waals surface area contributed by atoms with Crippen LogP contribution >= 0.6 is 0 Å². The van der Waals surface area contributed by atoms with Gasteiger partial charge in [-0.3, -0.25) is 4.79 Å². The zero-order valence-corrected chi connectivity index (χ0v) is 16.0. The van der Waals surface area contributed by atoms with Gasteiger partial charge >= 0.3 is 0 Å². The molecule has 0 aromatic heterocycles. The maximum atomic E-state index is 12.3. The lowest BCUT2D eigenvalue weighted by molar-refractivity contribution is -0.131. The number of nitrogens with one attached hydrogen (secondary N) is 1. The Hall–Kier alpha value is -2.04. The number of carbonyl (C=O) groups is 1. The van der Waals surface area contributed by atoms with Gasteiger partial charge in [-0.2, -0.15) is 0 Å². The Morgan fingerprint density at radius 3 is 2.38 bits per heavy atom. The second-order valence-corrected chi connectivity index (χ2v) is 6.02. The highest BCUT2D eigenvalue weighted by atomic mass is 16.2. The van der Waals surface area contributed by atoms with E-state index in [1.54, 1.807) is 0 Å². The summed E-state index contributed by atoms with van der Waals surface area (Å²) in [5.74, 6) is 0.887. The van der Waals surface area contributed by atoms with Gasteiger partial charge in [0.1, 0.15) is 0 Å². The minimum atomic E-state index is 0.125. The summed E-state index contributed by atoms with van der Waals surface area (Å²) in [4.78, 5) is 20.7. The van der Waals surface area contributed by atoms with E-state index in [4.69, 9.17) is 4.99 Å². The fourth-order valence-corrected chi connectivity index (χ4v) is 2.61. The number of nitrogens with zero attached hydrogens (tertiary/aromatic N) is 3. The predicted molar refractivity (Wildman–Crippen MR) is 101 cm³/mol. The third-order valence-corrected chi connectivity index (χ3v) is 4.08. The Balaban J connectivity index is 2.82. The minimum absolute atomic E-state index is 0.125. The number of aryl methyl sites for hydroxylation is 2. The number of benzene rings is 1. The van der Waals surface area contributed by atoms with E-state index in [-0.39, 0.29) is 5.91 Å². The molecule has 0 saturated carbocycles. The third-order valence-electron chi connectivity index (χ3n) is 4.08. The van der Waals surface area contributed by atoms with Crippen LogP contribution in [0.3, 0.4) is 0 Å². The van der Waals surface area contributed by atoms with E-state index in [0.29, 0.717) is 13.1 Å². The van der Waals surface area contributed by atoms with E-state index >= 15 is 0 Å². The van der Waals surface area contributed by atoms with Crippen molar-refractivity contribution in [2.45, 2.75) is 41.2 Å². The molecule has 24 heavy (non-hydrogen) atoms. The Kier molecular flexibility index (Phi) is 8.30. The quantitative estimate of drug-likeness (QED) is 0.617. The molecule has 0 spiro atoms. The van der Waals surface area contributed by atoms with Gasteiger partial charge in [0, 0.05) is 26.7 Å². The number of likely N-dealkylation sites (N-methyl/N-ethyl adjacent to an activating group) is 2. The maximum absolute atomic E-state index is 12.3. The van der Waals surface area contributed by atoms with Gasteiger partial charge in [0.2, 0.25) is 5.91 Å². The number of guanidine groups is 1. The summed E-state index contributed by atoms with van der Waals surface area (Å²) >= 11 is 0. The Morgan fingerprint density at radius 2 is 1.83 bits per heavy atom. The van der Waals surface area contributed by atoms with Crippen molar-refractivity contribution < 1.29 is 4.79 Å². The highest BCUT2D eigenvalue weighted by Gasteiger charge is 2.15. The number of aliphatic imine (C=N–C) groups is 1. The lowest BCUT2D eigenvalue weighted by atomic mass is 10.1. The Labute approximate surface area is 146 Å². The third kappa shape index (κ3) is 5.87. The average molecular weight is 332 g/mol. The zero-order valence-electron chi connectivity index (χ0n) is 16.0. The topological polar surface area (TPSA) is 47.9 Å². The number of carbonyl (C=O) groups excluding carboxylic acids is 1. The normalized spacial score (nSPS) is 11.3. The molecule has 0 aliphatic carbocycles. The maximum Gasteiger partial charge on any atom is 0.242 e.